The molecule has 0 aliphatic carbocycles. The van der Waals surface area contributed by atoms with Gasteiger partial charge in [0.05, 0.1) is 7.11 Å². The molecule has 0 saturated carbocycles. The molecule has 1 unspecified atom stereocenters. The predicted molar refractivity (Wildman–Crippen MR) is 54.5 cm³/mol. The first-order chi connectivity index (χ1) is 7.56. The second kappa shape index (κ2) is 5.55. The number of nitrogens with two attached hydrogens (primary N) is 1. The summed E-state index contributed by atoms with van der Waals surface area (Å²) in [6, 6.07) is 2.69. The number of rotatable bonds is 4. The van der Waals surface area contributed by atoms with Crippen LogP contribution < -0.4 is 5.73 Å². The number of methoxy groups -OCH3 is 1. The van der Waals surface area contributed by atoms with Gasteiger partial charge in [-0.15, -0.1) is 0 Å². The van der Waals surface area contributed by atoms with E-state index >= 15 is 0 Å². The minimum absolute atomic E-state index is 0.0332. The summed E-state index contributed by atoms with van der Waals surface area (Å²) in [7, 11) is 1.25. The summed E-state index contributed by atoms with van der Waals surface area (Å²) in [6.45, 7) is 0. The molecule has 88 valence electrons. The molecule has 0 heterocycles. The Bertz CT molecular complexity index is 362. The molecule has 0 fully saturated rings. The van der Waals surface area contributed by atoms with Crippen molar-refractivity contribution in [3.8, 4) is 0 Å². The van der Waals surface area contributed by atoms with Crippen LogP contribution in [0.2, 0.25) is 0 Å². The Kier molecular flexibility index (Phi) is 4.37. The van der Waals surface area contributed by atoms with E-state index in [9.17, 15) is 13.6 Å². The van der Waals surface area contributed by atoms with Crippen molar-refractivity contribution in [1.82, 2.24) is 0 Å². The lowest BCUT2D eigenvalue weighted by atomic mass is 10.0. The maximum absolute atomic E-state index is 13.3. The van der Waals surface area contributed by atoms with Crippen LogP contribution in [0.4, 0.5) is 8.78 Å². The second-order valence-electron chi connectivity index (χ2n) is 3.36. The van der Waals surface area contributed by atoms with Gasteiger partial charge in [0, 0.05) is 18.0 Å². The Hall–Kier alpha value is -1.49. The normalized spacial score (nSPS) is 12.2. The molecule has 0 saturated heterocycles. The molecule has 0 radical (unpaired) electrons. The lowest BCUT2D eigenvalue weighted by Gasteiger charge is -2.12. The van der Waals surface area contributed by atoms with Gasteiger partial charge in [-0.2, -0.15) is 0 Å². The highest BCUT2D eigenvalue weighted by atomic mass is 19.1. The van der Waals surface area contributed by atoms with Crippen LogP contribution in [0.25, 0.3) is 0 Å². The average molecular weight is 229 g/mol. The van der Waals surface area contributed by atoms with E-state index < -0.39 is 23.6 Å². The highest BCUT2D eigenvalue weighted by molar-refractivity contribution is 5.69. The fraction of sp³-hybridized carbons (Fsp3) is 0.364. The first kappa shape index (κ1) is 12.6. The third-order valence-corrected chi connectivity index (χ3v) is 2.26. The van der Waals surface area contributed by atoms with E-state index in [0.29, 0.717) is 0 Å². The molecule has 0 aromatic heterocycles. The Morgan fingerprint density at radius 3 is 2.50 bits per heavy atom. The van der Waals surface area contributed by atoms with Gasteiger partial charge in [0.1, 0.15) is 11.6 Å². The van der Waals surface area contributed by atoms with Crippen molar-refractivity contribution in [2.24, 2.45) is 5.73 Å². The number of hydrogen-bond acceptors (Lipinski definition) is 3. The second-order valence-corrected chi connectivity index (χ2v) is 3.36. The summed E-state index contributed by atoms with van der Waals surface area (Å²) < 4.78 is 31.0. The number of carbonyl (C=O) groups excluding carboxylic acids is 1. The first-order valence-corrected chi connectivity index (χ1v) is 4.82. The highest BCUT2D eigenvalue weighted by Crippen LogP contribution is 2.22. The molecular weight excluding hydrogens is 216 g/mol. The quantitative estimate of drug-likeness (QED) is 0.802. The Morgan fingerprint density at radius 1 is 1.44 bits per heavy atom. The molecule has 0 aliphatic rings. The van der Waals surface area contributed by atoms with Gasteiger partial charge in [0.25, 0.3) is 0 Å². The maximum atomic E-state index is 13.3. The smallest absolute Gasteiger partial charge is 0.305 e. The van der Waals surface area contributed by atoms with Gasteiger partial charge in [-0.3, -0.25) is 4.79 Å². The zero-order valence-corrected chi connectivity index (χ0v) is 8.87. The SMILES string of the molecule is COC(=O)CCC(N)c1c(F)cccc1F. The third-order valence-electron chi connectivity index (χ3n) is 2.26. The summed E-state index contributed by atoms with van der Waals surface area (Å²) in [6.07, 6.45) is 0.177. The van der Waals surface area contributed by atoms with E-state index in [4.69, 9.17) is 5.73 Å². The predicted octanol–water partition coefficient (Wildman–Crippen LogP) is 1.92. The number of hydrogen-bond donors (Lipinski definition) is 1. The number of ether oxygens (including phenoxy) is 1. The zero-order valence-electron chi connectivity index (χ0n) is 8.87. The molecule has 0 bridgehead atoms. The van der Waals surface area contributed by atoms with Gasteiger partial charge in [-0.05, 0) is 18.6 Å². The van der Waals surface area contributed by atoms with Crippen LogP contribution in [0.1, 0.15) is 24.4 Å². The van der Waals surface area contributed by atoms with Crippen molar-refractivity contribution in [3.63, 3.8) is 0 Å². The van der Waals surface area contributed by atoms with Crippen LogP contribution in [0.3, 0.4) is 0 Å². The summed E-state index contributed by atoms with van der Waals surface area (Å²) in [5.41, 5.74) is 5.42. The summed E-state index contributed by atoms with van der Waals surface area (Å²) in [4.78, 5) is 10.9. The van der Waals surface area contributed by atoms with Crippen molar-refractivity contribution in [1.29, 1.82) is 0 Å². The van der Waals surface area contributed by atoms with Crippen molar-refractivity contribution < 1.29 is 18.3 Å². The Labute approximate surface area is 92.2 Å². The topological polar surface area (TPSA) is 52.3 Å². The van der Waals surface area contributed by atoms with Crippen molar-refractivity contribution in [2.45, 2.75) is 18.9 Å². The van der Waals surface area contributed by atoms with Crippen LogP contribution in [0.15, 0.2) is 18.2 Å². The van der Waals surface area contributed by atoms with Crippen LogP contribution in [0.5, 0.6) is 0 Å². The number of benzene rings is 1. The minimum atomic E-state index is -0.847. The third kappa shape index (κ3) is 3.00. The summed E-state index contributed by atoms with van der Waals surface area (Å²) in [5, 5.41) is 0. The number of carbonyl (C=O) groups is 1. The van der Waals surface area contributed by atoms with Crippen molar-refractivity contribution in [3.05, 3.63) is 35.4 Å². The van der Waals surface area contributed by atoms with Gasteiger partial charge < -0.3 is 10.5 Å². The van der Waals surface area contributed by atoms with E-state index in [2.05, 4.69) is 4.74 Å². The molecule has 1 atom stereocenters. The van der Waals surface area contributed by atoms with Gasteiger partial charge in [0.2, 0.25) is 0 Å². The van der Waals surface area contributed by atoms with E-state index in [1.807, 2.05) is 0 Å². The summed E-state index contributed by atoms with van der Waals surface area (Å²) in [5.74, 6) is -1.85. The monoisotopic (exact) mass is 229 g/mol. The van der Waals surface area contributed by atoms with Crippen molar-refractivity contribution in [2.75, 3.05) is 7.11 Å². The maximum Gasteiger partial charge on any atom is 0.305 e. The molecule has 0 spiro atoms. The van der Waals surface area contributed by atoms with Gasteiger partial charge in [-0.1, -0.05) is 6.07 Å². The zero-order chi connectivity index (χ0) is 12.1. The molecule has 1 rings (SSSR count). The fourth-order valence-corrected chi connectivity index (χ4v) is 1.38. The fourth-order valence-electron chi connectivity index (χ4n) is 1.38. The molecule has 1 aromatic rings. The van der Waals surface area contributed by atoms with E-state index in [0.717, 1.165) is 12.1 Å². The molecule has 5 heteroatoms. The van der Waals surface area contributed by atoms with Crippen LogP contribution >= 0.6 is 0 Å². The Morgan fingerprint density at radius 2 is 2.00 bits per heavy atom. The van der Waals surface area contributed by atoms with E-state index in [1.165, 1.54) is 13.2 Å². The Balaban J connectivity index is 2.73. The molecule has 0 aliphatic heterocycles. The van der Waals surface area contributed by atoms with Gasteiger partial charge >= 0.3 is 5.97 Å². The van der Waals surface area contributed by atoms with E-state index in [-0.39, 0.29) is 18.4 Å². The standard InChI is InChI=1S/C11H13F2NO2/c1-16-10(15)6-5-9(14)11-7(12)3-2-4-8(11)13/h2-4,9H,5-6,14H2,1H3. The molecule has 3 nitrogen and oxygen atoms in total. The van der Waals surface area contributed by atoms with Crippen LogP contribution in [-0.2, 0) is 9.53 Å². The average Bonchev–Trinajstić information content (AvgIpc) is 2.25. The lowest BCUT2D eigenvalue weighted by Crippen LogP contribution is -2.16. The van der Waals surface area contributed by atoms with E-state index in [1.54, 1.807) is 0 Å². The molecular formula is C11H13F2NO2. The first-order valence-electron chi connectivity index (χ1n) is 4.82. The van der Waals surface area contributed by atoms with Gasteiger partial charge in [-0.25, -0.2) is 8.78 Å². The minimum Gasteiger partial charge on any atom is -0.469 e. The van der Waals surface area contributed by atoms with Crippen LogP contribution in [-0.4, -0.2) is 13.1 Å². The highest BCUT2D eigenvalue weighted by Gasteiger charge is 2.17. The summed E-state index contributed by atoms with van der Waals surface area (Å²) >= 11 is 0. The molecule has 2 N–H and O–H groups in total. The molecule has 1 aromatic carbocycles. The number of esters is 1. The largest absolute Gasteiger partial charge is 0.469 e. The molecule has 16 heavy (non-hydrogen) atoms. The van der Waals surface area contributed by atoms with Crippen molar-refractivity contribution >= 4 is 5.97 Å². The molecule has 0 amide bonds. The lowest BCUT2D eigenvalue weighted by molar-refractivity contribution is -0.140. The van der Waals surface area contributed by atoms with Crippen LogP contribution in [0, 0.1) is 11.6 Å². The van der Waals surface area contributed by atoms with Gasteiger partial charge in [0.15, 0.2) is 0 Å². The number of halogens is 2.